The second kappa shape index (κ2) is 19.3. The summed E-state index contributed by atoms with van der Waals surface area (Å²) in [6.07, 6.45) is 4.77. The van der Waals surface area contributed by atoms with Crippen LogP contribution >= 0.6 is 11.3 Å². The number of carbonyl (C=O) groups is 5. The van der Waals surface area contributed by atoms with Gasteiger partial charge >= 0.3 is 12.0 Å². The molecule has 4 amide bonds. The van der Waals surface area contributed by atoms with Crippen LogP contribution in [0.15, 0.2) is 66.6 Å². The van der Waals surface area contributed by atoms with E-state index in [1.54, 1.807) is 39.2 Å². The molecule has 0 spiro atoms. The molecule has 340 valence electrons. The molecule has 2 aromatic carbocycles. The summed E-state index contributed by atoms with van der Waals surface area (Å²) in [5.74, 6) is -3.48. The van der Waals surface area contributed by atoms with Gasteiger partial charge in [0.1, 0.15) is 46.7 Å². The van der Waals surface area contributed by atoms with Gasteiger partial charge in [0.2, 0.25) is 11.8 Å². The number of benzene rings is 2. The molecular weight excluding hydrogens is 842 g/mol. The smallest absolute Gasteiger partial charge is 0.330 e. The third-order valence-corrected chi connectivity index (χ3v) is 13.1. The lowest BCUT2D eigenvalue weighted by atomic mass is 9.83. The van der Waals surface area contributed by atoms with E-state index in [2.05, 4.69) is 27.8 Å². The largest absolute Gasteiger partial charge is 0.497 e. The van der Waals surface area contributed by atoms with E-state index >= 15 is 4.79 Å². The van der Waals surface area contributed by atoms with Crippen LogP contribution in [0.3, 0.4) is 0 Å². The summed E-state index contributed by atoms with van der Waals surface area (Å²) in [7, 11) is 1.56. The van der Waals surface area contributed by atoms with Crippen LogP contribution in [-0.4, -0.2) is 99.0 Å². The van der Waals surface area contributed by atoms with Crippen molar-refractivity contribution in [2.24, 2.45) is 17.8 Å². The average Bonchev–Trinajstić information content (AvgIpc) is 3.54. The summed E-state index contributed by atoms with van der Waals surface area (Å²) in [6, 6.07) is 8.38. The molecule has 15 nitrogen and oxygen atoms in total. The molecule has 3 fully saturated rings. The predicted octanol–water partition coefficient (Wildman–Crippen LogP) is 6.98. The van der Waals surface area contributed by atoms with Crippen molar-refractivity contribution in [3.8, 4) is 22.9 Å². The predicted molar refractivity (Wildman–Crippen MR) is 241 cm³/mol. The number of halogens is 1. The monoisotopic (exact) mass is 897 g/mol. The molecule has 5 N–H and O–H groups in total. The van der Waals surface area contributed by atoms with Gasteiger partial charge in [-0.15, -0.1) is 17.9 Å². The molecule has 7 rings (SSSR count). The lowest BCUT2D eigenvalue weighted by Crippen LogP contribution is -2.60. The number of anilines is 1. The van der Waals surface area contributed by atoms with E-state index in [0.717, 1.165) is 24.4 Å². The Morgan fingerprint density at radius 3 is 2.36 bits per heavy atom. The minimum atomic E-state index is -1.57. The van der Waals surface area contributed by atoms with Crippen molar-refractivity contribution < 1.29 is 42.9 Å². The fourth-order valence-electron chi connectivity index (χ4n) is 8.79. The van der Waals surface area contributed by atoms with Crippen LogP contribution in [0.4, 0.5) is 14.3 Å². The van der Waals surface area contributed by atoms with E-state index in [-0.39, 0.29) is 42.8 Å². The zero-order chi connectivity index (χ0) is 45.9. The molecule has 17 heteroatoms. The number of ketones is 1. The maximum atomic E-state index is 15.1. The van der Waals surface area contributed by atoms with Gasteiger partial charge in [-0.05, 0) is 81.3 Å². The Balaban J connectivity index is 1.20. The number of pyridine rings is 1. The SMILES string of the molecule is C=CC1C[C@]1(NC(=O)[C@@H]1C[C@@H](Oc2cc(-c3csc(NC(C)C)n3)nc3cc(OC)ccc23)CN1C(=O)[C@@H](NC(=O)N[C@H](C(=O)c1ccc(F)cc1)C(C)C)C1CCCCC1)C(=O)O. The zero-order valence-corrected chi connectivity index (χ0v) is 37.5. The Hall–Kier alpha value is -6.10. The third-order valence-electron chi connectivity index (χ3n) is 12.4. The zero-order valence-electron chi connectivity index (χ0n) is 36.7. The number of carboxylic acid groups (broad SMARTS) is 1. The Labute approximate surface area is 375 Å². The van der Waals surface area contributed by atoms with Gasteiger partial charge in [0.15, 0.2) is 10.9 Å². The first kappa shape index (κ1) is 45.9. The summed E-state index contributed by atoms with van der Waals surface area (Å²) in [4.78, 5) is 80.6. The van der Waals surface area contributed by atoms with Crippen molar-refractivity contribution in [2.45, 2.75) is 108 Å². The van der Waals surface area contributed by atoms with Crippen molar-refractivity contribution in [3.05, 3.63) is 77.9 Å². The first-order chi connectivity index (χ1) is 30.6. The number of aromatic nitrogens is 2. The van der Waals surface area contributed by atoms with E-state index in [9.17, 15) is 28.7 Å². The molecule has 1 saturated heterocycles. The maximum absolute atomic E-state index is 15.1. The van der Waals surface area contributed by atoms with Gasteiger partial charge in [-0.2, -0.15) is 0 Å². The fourth-order valence-corrected chi connectivity index (χ4v) is 9.64. The second-order valence-electron chi connectivity index (χ2n) is 17.6. The Morgan fingerprint density at radius 2 is 1.72 bits per heavy atom. The van der Waals surface area contributed by atoms with Crippen molar-refractivity contribution in [3.63, 3.8) is 0 Å². The number of nitrogens with one attached hydrogen (secondary N) is 4. The number of thiazole rings is 1. The minimum absolute atomic E-state index is 0.00562. The van der Waals surface area contributed by atoms with E-state index in [4.69, 9.17) is 19.4 Å². The summed E-state index contributed by atoms with van der Waals surface area (Å²) < 4.78 is 26.0. The molecule has 2 aromatic heterocycles. The topological polar surface area (TPSA) is 201 Å². The van der Waals surface area contributed by atoms with Crippen molar-refractivity contribution in [1.82, 2.24) is 30.8 Å². The number of fused-ring (bicyclic) bond motifs is 1. The highest BCUT2D eigenvalue weighted by molar-refractivity contribution is 7.14. The first-order valence-corrected chi connectivity index (χ1v) is 22.7. The number of carbonyl (C=O) groups excluding carboxylic acids is 4. The number of Topliss-reactive ketones (excluding diaryl/α,β-unsaturated/α-hetero) is 1. The maximum Gasteiger partial charge on any atom is 0.330 e. The van der Waals surface area contributed by atoms with Gasteiger partial charge in [0.25, 0.3) is 0 Å². The standard InChI is InChI=1S/C47H56FN7O8S/c1-7-29-22-47(29,44(59)60)54-42(57)37-20-32(63-38-21-35(36-24-64-46(51-36)49-26(4)5)50-34-19-31(62-6)17-18-33(34)38)23-55(37)43(58)40(27-11-9-8-10-12-27)53-45(61)52-39(25(2)3)41(56)28-13-15-30(48)16-14-28/h7,13-19,21,24-27,29,32,37,39-40H,1,8-12,20,22-23H2,2-6H3,(H,49,51)(H,54,57)(H,59,60)(H2,52,53,61)/t29?,32-,37+,39+,40+,47-/m1/s1. The Morgan fingerprint density at radius 1 is 0.984 bits per heavy atom. The van der Waals surface area contributed by atoms with E-state index in [1.807, 2.05) is 25.3 Å². The summed E-state index contributed by atoms with van der Waals surface area (Å²) in [5, 5.41) is 25.2. The van der Waals surface area contributed by atoms with E-state index in [0.29, 0.717) is 46.6 Å². The lowest BCUT2D eigenvalue weighted by molar-refractivity contribution is -0.146. The van der Waals surface area contributed by atoms with Gasteiger partial charge in [0, 0.05) is 46.8 Å². The highest BCUT2D eigenvalue weighted by atomic mass is 32.1. The number of amides is 4. The average molecular weight is 898 g/mol. The van der Waals surface area contributed by atoms with Crippen LogP contribution in [0.5, 0.6) is 11.5 Å². The van der Waals surface area contributed by atoms with Crippen LogP contribution < -0.4 is 30.7 Å². The molecule has 3 heterocycles. The van der Waals surface area contributed by atoms with Crippen LogP contribution in [0.1, 0.15) is 83.0 Å². The quantitative estimate of drug-likeness (QED) is 0.0541. The van der Waals surface area contributed by atoms with Crippen molar-refractivity contribution >= 4 is 57.0 Å². The number of likely N-dealkylation sites (tertiary alicyclic amines) is 1. The van der Waals surface area contributed by atoms with Gasteiger partial charge in [0.05, 0.1) is 30.9 Å². The number of urea groups is 1. The summed E-state index contributed by atoms with van der Waals surface area (Å²) >= 11 is 1.44. The number of nitrogens with zero attached hydrogens (tertiary/aromatic N) is 3. The van der Waals surface area contributed by atoms with Gasteiger partial charge < -0.3 is 40.7 Å². The highest BCUT2D eigenvalue weighted by Crippen LogP contribution is 2.45. The van der Waals surface area contributed by atoms with E-state index in [1.165, 1.54) is 46.6 Å². The Kier molecular flexibility index (Phi) is 13.9. The number of rotatable bonds is 17. The molecule has 2 aliphatic carbocycles. The number of hydrogen-bond donors (Lipinski definition) is 5. The molecule has 0 radical (unpaired) electrons. The van der Waals surface area contributed by atoms with Gasteiger partial charge in [-0.3, -0.25) is 14.4 Å². The molecule has 4 aromatic rings. The molecule has 1 unspecified atom stereocenters. The lowest BCUT2D eigenvalue weighted by Gasteiger charge is -2.35. The minimum Gasteiger partial charge on any atom is -0.497 e. The van der Waals surface area contributed by atoms with Crippen LogP contribution in [-0.2, 0) is 14.4 Å². The Bertz CT molecular complexity index is 2400. The van der Waals surface area contributed by atoms with Gasteiger partial charge in [-0.1, -0.05) is 39.2 Å². The summed E-state index contributed by atoms with van der Waals surface area (Å²) in [5.41, 5.74) is 0.362. The molecule has 64 heavy (non-hydrogen) atoms. The second-order valence-corrected chi connectivity index (χ2v) is 18.5. The number of ether oxygens (including phenoxy) is 2. The van der Waals surface area contributed by atoms with Crippen molar-refractivity contribution in [2.75, 3.05) is 19.0 Å². The van der Waals surface area contributed by atoms with Crippen molar-refractivity contribution in [1.29, 1.82) is 0 Å². The number of aliphatic carboxylic acids is 1. The summed E-state index contributed by atoms with van der Waals surface area (Å²) in [6.45, 7) is 11.3. The van der Waals surface area contributed by atoms with Crippen LogP contribution in [0, 0.1) is 23.6 Å². The number of hydrogen-bond acceptors (Lipinski definition) is 11. The molecule has 2 saturated carbocycles. The molecular formula is C47H56FN7O8S. The normalized spacial score (nSPS) is 21.8. The number of methoxy groups -OCH3 is 1. The fraction of sp³-hybridized carbons (Fsp3) is 0.468. The molecule has 3 aliphatic rings. The molecule has 1 aliphatic heterocycles. The highest BCUT2D eigenvalue weighted by Gasteiger charge is 2.61. The molecule has 0 bridgehead atoms. The van der Waals surface area contributed by atoms with E-state index < -0.39 is 71.1 Å². The van der Waals surface area contributed by atoms with Gasteiger partial charge in [-0.25, -0.2) is 23.9 Å². The van der Waals surface area contributed by atoms with Crippen LogP contribution in [0.2, 0.25) is 0 Å². The van der Waals surface area contributed by atoms with Crippen LogP contribution in [0.25, 0.3) is 22.3 Å². The third kappa shape index (κ3) is 9.98. The molecule has 6 atom stereocenters. The first-order valence-electron chi connectivity index (χ1n) is 21.8. The number of carboxylic acids is 1.